The fourth-order valence-corrected chi connectivity index (χ4v) is 4.02. The maximum Gasteiger partial charge on any atom is 0.416 e. The van der Waals surface area contributed by atoms with Crippen LogP contribution in [0.15, 0.2) is 53.5 Å². The first-order valence-electron chi connectivity index (χ1n) is 11.3. The van der Waals surface area contributed by atoms with E-state index in [0.29, 0.717) is 33.7 Å². The van der Waals surface area contributed by atoms with Crippen LogP contribution in [0.5, 0.6) is 0 Å². The molecule has 2 aromatic carbocycles. The molecule has 0 aliphatic heterocycles. The van der Waals surface area contributed by atoms with Crippen molar-refractivity contribution in [1.82, 2.24) is 20.5 Å². The van der Waals surface area contributed by atoms with Crippen LogP contribution in [-0.2, 0) is 12.6 Å². The number of aryl methyl sites for hydroxylation is 1. The third-order valence-corrected chi connectivity index (χ3v) is 6.18. The third kappa shape index (κ3) is 4.71. The minimum Gasteiger partial charge on any atom is -0.349 e. The molecule has 1 saturated carbocycles. The molecule has 6 nitrogen and oxygen atoms in total. The fraction of sp³-hybridized carbons (Fsp3) is 0.231. The first kappa shape index (κ1) is 23.7. The molecule has 0 unspecified atom stereocenters. The number of alkyl halides is 3. The fourth-order valence-electron chi connectivity index (χ4n) is 4.02. The molecule has 4 aromatic rings. The topological polar surface area (TPSA) is 87.7 Å². The SMILES string of the molecule is Cc1ccc(C(=O)NC2CC2)cc1-c1cc2cnnc(Cc3ccc(C(F)(F)F)cc3F)c2[nH]c1=O. The second-order valence-corrected chi connectivity index (χ2v) is 8.89. The number of H-pyrrole nitrogens is 1. The number of hydrogen-bond acceptors (Lipinski definition) is 4. The van der Waals surface area contributed by atoms with Gasteiger partial charge in [0, 0.05) is 29.0 Å². The number of carbonyl (C=O) groups is 1. The summed E-state index contributed by atoms with van der Waals surface area (Å²) in [6.07, 6.45) is -1.49. The Bertz CT molecular complexity index is 1560. The Labute approximate surface area is 202 Å². The highest BCUT2D eigenvalue weighted by atomic mass is 19.4. The molecule has 1 fully saturated rings. The van der Waals surface area contributed by atoms with E-state index in [1.807, 2.05) is 6.92 Å². The van der Waals surface area contributed by atoms with Gasteiger partial charge in [-0.2, -0.15) is 23.4 Å². The van der Waals surface area contributed by atoms with E-state index in [1.54, 1.807) is 24.3 Å². The standard InChI is InChI=1S/C26H20F4N4O2/c1-13-2-3-15(24(35)32-18-6-7-18)8-19(13)20-9-16-12-31-34-22(23(16)33-25(20)36)10-14-4-5-17(11-21(14)27)26(28,29)30/h2-5,8-9,11-12,18H,6-7,10H2,1H3,(H,32,35)(H,33,36). The molecule has 1 aliphatic carbocycles. The Morgan fingerprint density at radius 1 is 1.11 bits per heavy atom. The Kier molecular flexibility index (Phi) is 5.82. The van der Waals surface area contributed by atoms with Crippen LogP contribution in [0, 0.1) is 12.7 Å². The molecular weight excluding hydrogens is 476 g/mol. The number of fused-ring (bicyclic) bond motifs is 1. The van der Waals surface area contributed by atoms with Crippen molar-refractivity contribution in [3.05, 3.63) is 92.8 Å². The molecule has 0 radical (unpaired) electrons. The number of benzene rings is 2. The van der Waals surface area contributed by atoms with E-state index in [2.05, 4.69) is 20.5 Å². The summed E-state index contributed by atoms with van der Waals surface area (Å²) in [5.41, 5.74) is 1.09. The zero-order valence-corrected chi connectivity index (χ0v) is 19.0. The second-order valence-electron chi connectivity index (χ2n) is 8.89. The maximum atomic E-state index is 14.4. The lowest BCUT2D eigenvalue weighted by atomic mass is 9.97. The van der Waals surface area contributed by atoms with E-state index in [9.17, 15) is 27.2 Å². The van der Waals surface area contributed by atoms with Gasteiger partial charge in [0.2, 0.25) is 0 Å². The van der Waals surface area contributed by atoms with Crippen molar-refractivity contribution >= 4 is 16.8 Å². The van der Waals surface area contributed by atoms with Crippen molar-refractivity contribution in [2.24, 2.45) is 0 Å². The Morgan fingerprint density at radius 3 is 2.58 bits per heavy atom. The number of pyridine rings is 1. The zero-order chi connectivity index (χ0) is 25.6. The molecule has 184 valence electrons. The largest absolute Gasteiger partial charge is 0.416 e. The number of rotatable bonds is 5. The molecule has 2 N–H and O–H groups in total. The average molecular weight is 496 g/mol. The third-order valence-electron chi connectivity index (χ3n) is 6.18. The van der Waals surface area contributed by atoms with Crippen LogP contribution in [0.25, 0.3) is 22.0 Å². The molecule has 5 rings (SSSR count). The number of halogens is 4. The number of aromatic amines is 1. The van der Waals surface area contributed by atoms with Crippen molar-refractivity contribution in [3.8, 4) is 11.1 Å². The first-order valence-corrected chi connectivity index (χ1v) is 11.3. The summed E-state index contributed by atoms with van der Waals surface area (Å²) in [6, 6.07) is 9.22. The normalized spacial score (nSPS) is 13.7. The van der Waals surface area contributed by atoms with Crippen molar-refractivity contribution in [2.45, 2.75) is 38.4 Å². The van der Waals surface area contributed by atoms with Crippen LogP contribution in [-0.4, -0.2) is 27.1 Å². The molecule has 0 atom stereocenters. The number of carbonyl (C=O) groups excluding carboxylic acids is 1. The number of hydrogen-bond donors (Lipinski definition) is 2. The molecule has 10 heteroatoms. The molecule has 0 spiro atoms. The van der Waals surface area contributed by atoms with Gasteiger partial charge in [-0.05, 0) is 66.8 Å². The highest BCUT2D eigenvalue weighted by Crippen LogP contribution is 2.31. The average Bonchev–Trinajstić information content (AvgIpc) is 3.64. The van der Waals surface area contributed by atoms with Crippen LogP contribution in [0.3, 0.4) is 0 Å². The van der Waals surface area contributed by atoms with Gasteiger partial charge < -0.3 is 10.3 Å². The van der Waals surface area contributed by atoms with E-state index >= 15 is 0 Å². The lowest BCUT2D eigenvalue weighted by Crippen LogP contribution is -2.25. The van der Waals surface area contributed by atoms with Crippen LogP contribution in [0.1, 0.15) is 45.6 Å². The van der Waals surface area contributed by atoms with Gasteiger partial charge in [0.1, 0.15) is 5.82 Å². The van der Waals surface area contributed by atoms with E-state index in [4.69, 9.17) is 0 Å². The molecule has 0 bridgehead atoms. The van der Waals surface area contributed by atoms with E-state index in [1.165, 1.54) is 6.20 Å². The lowest BCUT2D eigenvalue weighted by Gasteiger charge is -2.12. The van der Waals surface area contributed by atoms with Gasteiger partial charge in [0.05, 0.1) is 23.0 Å². The molecule has 36 heavy (non-hydrogen) atoms. The van der Waals surface area contributed by atoms with E-state index < -0.39 is 23.1 Å². The summed E-state index contributed by atoms with van der Waals surface area (Å²) >= 11 is 0. The number of nitrogens with zero attached hydrogens (tertiary/aromatic N) is 2. The predicted octanol–water partition coefficient (Wildman–Crippen LogP) is 4.93. The Balaban J connectivity index is 1.52. The maximum absolute atomic E-state index is 14.4. The highest BCUT2D eigenvalue weighted by molar-refractivity contribution is 5.96. The van der Waals surface area contributed by atoms with E-state index in [-0.39, 0.29) is 29.6 Å². The van der Waals surface area contributed by atoms with Crippen LogP contribution in [0.2, 0.25) is 0 Å². The summed E-state index contributed by atoms with van der Waals surface area (Å²) in [5, 5.41) is 11.3. The van der Waals surface area contributed by atoms with Gasteiger partial charge in [-0.1, -0.05) is 12.1 Å². The summed E-state index contributed by atoms with van der Waals surface area (Å²) in [6.45, 7) is 1.82. The van der Waals surface area contributed by atoms with Crippen LogP contribution < -0.4 is 10.9 Å². The van der Waals surface area contributed by atoms with Gasteiger partial charge in [0.15, 0.2) is 0 Å². The highest BCUT2D eigenvalue weighted by Gasteiger charge is 2.31. The molecule has 1 aliphatic rings. The summed E-state index contributed by atoms with van der Waals surface area (Å²) < 4.78 is 53.0. The lowest BCUT2D eigenvalue weighted by molar-refractivity contribution is -0.137. The van der Waals surface area contributed by atoms with Gasteiger partial charge >= 0.3 is 6.18 Å². The predicted molar refractivity (Wildman–Crippen MR) is 125 cm³/mol. The Morgan fingerprint density at radius 2 is 1.89 bits per heavy atom. The van der Waals surface area contributed by atoms with E-state index in [0.717, 1.165) is 30.5 Å². The first-order chi connectivity index (χ1) is 17.1. The van der Waals surface area contributed by atoms with Gasteiger partial charge in [0.25, 0.3) is 11.5 Å². The minimum absolute atomic E-state index is 0.0139. The zero-order valence-electron chi connectivity index (χ0n) is 19.0. The number of nitrogens with one attached hydrogen (secondary N) is 2. The molecule has 1 amide bonds. The van der Waals surface area contributed by atoms with Crippen molar-refractivity contribution < 1.29 is 22.4 Å². The smallest absolute Gasteiger partial charge is 0.349 e. The molecule has 0 saturated heterocycles. The van der Waals surface area contributed by atoms with Crippen molar-refractivity contribution in [2.75, 3.05) is 0 Å². The van der Waals surface area contributed by atoms with Crippen LogP contribution >= 0.6 is 0 Å². The number of amides is 1. The summed E-state index contributed by atoms with van der Waals surface area (Å²) in [4.78, 5) is 28.3. The van der Waals surface area contributed by atoms with Crippen molar-refractivity contribution in [1.29, 1.82) is 0 Å². The molecule has 2 aromatic heterocycles. The summed E-state index contributed by atoms with van der Waals surface area (Å²) in [7, 11) is 0. The Hall–Kier alpha value is -4.08. The monoisotopic (exact) mass is 496 g/mol. The van der Waals surface area contributed by atoms with Gasteiger partial charge in [-0.3, -0.25) is 9.59 Å². The van der Waals surface area contributed by atoms with Crippen LogP contribution in [0.4, 0.5) is 17.6 Å². The minimum atomic E-state index is -4.66. The number of aromatic nitrogens is 3. The van der Waals surface area contributed by atoms with Crippen molar-refractivity contribution in [3.63, 3.8) is 0 Å². The van der Waals surface area contributed by atoms with Gasteiger partial charge in [-0.15, -0.1) is 0 Å². The molecule has 2 heterocycles. The quantitative estimate of drug-likeness (QED) is 0.384. The van der Waals surface area contributed by atoms with Gasteiger partial charge in [-0.25, -0.2) is 4.39 Å². The second kappa shape index (κ2) is 8.85. The summed E-state index contributed by atoms with van der Waals surface area (Å²) in [5.74, 6) is -1.23. The molecular formula is C26H20F4N4O2.